The molecule has 4 N–H and O–H groups in total. The third-order valence-electron chi connectivity index (χ3n) is 22.3. The molecule has 7 aromatic heterocycles. The number of amides is 2. The number of primary amides is 2. The standard InChI is InChI=1S/C22H24F3N3.C22H24FN3O.C22H26N4O.C21H25N3/c1-14-4-6-19-17(10-14)18-13-27(3)9-8-20(18)28(19)12-15(2)16-5-7-21(26-11-16)22(23,24)25;1-14-3-8-20-17(11-14)19-12-25(2)10-9-21(19)26(20)13-18(22(24)27)15-4-6-16(23)7-5-15;1-14-4-7-20-17(10-14)19-12-25(3)9-8-21(19)26(20)13-18(22(23)27)16-6-5-15(2)24-11-16;1-15-4-5-20-18(12-15)19-14-23(3)11-8-21(19)24(20)13-16(2)17-6-9-22-10-7-17/h4-7,10-11,15H,8-9,12-13H2,1-3H3;3-8,11,18H,9-10,12-13H2,1-2H3,(H2,24,27);4-7,10-11,18H,8-9,12-13H2,1-3H3,(H2,23,27);4-7,9-10,12,16H,8,11,13-14H2,1-3H3. The number of carbonyl (C=O) groups is 2. The maximum absolute atomic E-state index is 13.3. The lowest BCUT2D eigenvalue weighted by atomic mass is 9.98. The van der Waals surface area contributed by atoms with Gasteiger partial charge in [0.2, 0.25) is 11.8 Å². The Morgan fingerprint density at radius 3 is 1.10 bits per heavy atom. The second-order valence-corrected chi connectivity index (χ2v) is 30.4. The average Bonchev–Trinajstić information content (AvgIpc) is 1.64. The first kappa shape index (κ1) is 74.5. The van der Waals surface area contributed by atoms with Crippen molar-refractivity contribution in [1.82, 2.24) is 52.8 Å². The van der Waals surface area contributed by atoms with Gasteiger partial charge in [-0.05, 0) is 198 Å². The Morgan fingerprint density at radius 1 is 0.425 bits per heavy atom. The van der Waals surface area contributed by atoms with Crippen molar-refractivity contribution in [1.29, 1.82) is 0 Å². The highest BCUT2D eigenvalue weighted by molar-refractivity contribution is 5.90. The first-order valence-corrected chi connectivity index (χ1v) is 37.1. The van der Waals surface area contributed by atoms with Crippen molar-refractivity contribution in [3.63, 3.8) is 0 Å². The zero-order valence-electron chi connectivity index (χ0n) is 63.0. The molecule has 106 heavy (non-hydrogen) atoms. The predicted octanol–water partition coefficient (Wildman–Crippen LogP) is 15.5. The monoisotopic (exact) mass is 1430 g/mol. The molecule has 5 aromatic carbocycles. The molecular weight excluding hydrogens is 1340 g/mol. The van der Waals surface area contributed by atoms with E-state index in [1.54, 1.807) is 24.4 Å². The summed E-state index contributed by atoms with van der Waals surface area (Å²) in [6, 6.07) is 43.4. The van der Waals surface area contributed by atoms with Crippen LogP contribution in [-0.2, 0) is 93.8 Å². The van der Waals surface area contributed by atoms with E-state index in [1.807, 2.05) is 38.4 Å². The Morgan fingerprint density at radius 2 is 0.764 bits per heavy atom. The quantitative estimate of drug-likeness (QED) is 0.101. The van der Waals surface area contributed by atoms with Gasteiger partial charge in [0.05, 0.1) is 11.8 Å². The molecule has 0 spiro atoms. The Balaban J connectivity index is 0.000000125. The van der Waals surface area contributed by atoms with Gasteiger partial charge in [-0.25, -0.2) is 4.39 Å². The number of rotatable bonds is 14. The van der Waals surface area contributed by atoms with E-state index in [4.69, 9.17) is 11.5 Å². The number of benzene rings is 5. The first-order chi connectivity index (χ1) is 50.7. The van der Waals surface area contributed by atoms with Crippen LogP contribution >= 0.6 is 0 Å². The second kappa shape index (κ2) is 31.3. The Bertz CT molecular complexity index is 5000. The summed E-state index contributed by atoms with van der Waals surface area (Å²) in [4.78, 5) is 46.1. The Labute approximate surface area is 619 Å². The lowest BCUT2D eigenvalue weighted by Crippen LogP contribution is -2.29. The van der Waals surface area contributed by atoms with Gasteiger partial charge in [-0.1, -0.05) is 84.6 Å². The van der Waals surface area contributed by atoms with Crippen molar-refractivity contribution in [3.05, 3.63) is 265 Å². The van der Waals surface area contributed by atoms with Crippen molar-refractivity contribution in [3.8, 4) is 0 Å². The summed E-state index contributed by atoms with van der Waals surface area (Å²) in [6.07, 6.45) is 6.58. The molecule has 19 heteroatoms. The summed E-state index contributed by atoms with van der Waals surface area (Å²) in [5, 5.41) is 5.28. The smallest absolute Gasteiger partial charge is 0.369 e. The number of fused-ring (bicyclic) bond motifs is 12. The molecule has 0 fully saturated rings. The largest absolute Gasteiger partial charge is 0.433 e. The minimum atomic E-state index is -4.40. The highest BCUT2D eigenvalue weighted by atomic mass is 19.4. The molecule has 0 bridgehead atoms. The Hall–Kier alpha value is -9.79. The van der Waals surface area contributed by atoms with Gasteiger partial charge in [-0.15, -0.1) is 0 Å². The predicted molar refractivity (Wildman–Crippen MR) is 416 cm³/mol. The van der Waals surface area contributed by atoms with Crippen molar-refractivity contribution in [2.75, 3.05) is 54.4 Å². The number of aryl methyl sites for hydroxylation is 5. The van der Waals surface area contributed by atoms with Crippen LogP contribution in [0.5, 0.6) is 0 Å². The molecule has 11 heterocycles. The van der Waals surface area contributed by atoms with Crippen molar-refractivity contribution in [2.24, 2.45) is 11.5 Å². The molecule has 4 aliphatic heterocycles. The molecule has 0 radical (unpaired) electrons. The molecule has 16 rings (SSSR count). The van der Waals surface area contributed by atoms with Crippen LogP contribution < -0.4 is 11.5 Å². The van der Waals surface area contributed by atoms with Crippen LogP contribution in [-0.4, -0.2) is 119 Å². The number of nitrogens with zero attached hydrogens (tertiary/aromatic N) is 11. The summed E-state index contributed by atoms with van der Waals surface area (Å²) in [5.74, 6) is -1.35. The molecule has 2 amide bonds. The van der Waals surface area contributed by atoms with Gasteiger partial charge in [0.1, 0.15) is 11.5 Å². The SMILES string of the molecule is Cc1ccc2c(c1)c1c(n2CC(C(N)=O)c2ccc(C)nc2)CCN(C)C1.Cc1ccc2c(c1)c1c(n2CC(C(N)=O)c2ccc(F)cc2)CCN(C)C1.Cc1ccc2c(c1)c1c(n2CC(C)c2ccc(C(F)(F)F)nc2)CCN(C)C1.Cc1ccc2c(c1)c1c(n2CC(C)c2ccncc2)CCN(C)C1. The minimum absolute atomic E-state index is 0.0652. The number of carbonyl (C=O) groups excluding carboxylic acids is 2. The summed E-state index contributed by atoms with van der Waals surface area (Å²) < 4.78 is 61.1. The fourth-order valence-corrected chi connectivity index (χ4v) is 16.4. The lowest BCUT2D eigenvalue weighted by molar-refractivity contribution is -0.141. The summed E-state index contributed by atoms with van der Waals surface area (Å²) in [7, 11) is 8.65. The molecule has 0 aliphatic carbocycles. The van der Waals surface area contributed by atoms with Crippen LogP contribution in [0.15, 0.2) is 158 Å². The molecule has 4 atom stereocenters. The van der Waals surface area contributed by atoms with E-state index in [-0.39, 0.29) is 17.6 Å². The van der Waals surface area contributed by atoms with Crippen molar-refractivity contribution in [2.45, 2.75) is 156 Å². The van der Waals surface area contributed by atoms with Gasteiger partial charge >= 0.3 is 6.18 Å². The van der Waals surface area contributed by atoms with Crippen LogP contribution in [0.1, 0.15) is 138 Å². The van der Waals surface area contributed by atoms with Crippen LogP contribution in [0, 0.1) is 40.4 Å². The van der Waals surface area contributed by atoms with E-state index in [2.05, 4.69) is 201 Å². The van der Waals surface area contributed by atoms with Gasteiger partial charge in [0, 0.05) is 207 Å². The molecular formula is C87H99F4N13O2. The van der Waals surface area contributed by atoms with Crippen molar-refractivity contribution >= 4 is 55.4 Å². The fourth-order valence-electron chi connectivity index (χ4n) is 16.4. The second-order valence-electron chi connectivity index (χ2n) is 30.4. The summed E-state index contributed by atoms with van der Waals surface area (Å²) >= 11 is 0. The number of hydrogen-bond donors (Lipinski definition) is 2. The van der Waals surface area contributed by atoms with E-state index in [0.29, 0.717) is 19.0 Å². The number of pyridine rings is 3. The van der Waals surface area contributed by atoms with Crippen LogP contribution in [0.2, 0.25) is 0 Å². The molecule has 4 aliphatic rings. The summed E-state index contributed by atoms with van der Waals surface area (Å²) in [5.41, 5.74) is 36.6. The third-order valence-corrected chi connectivity index (χ3v) is 22.3. The third kappa shape index (κ3) is 16.0. The zero-order valence-corrected chi connectivity index (χ0v) is 63.0. The maximum Gasteiger partial charge on any atom is 0.433 e. The number of likely N-dealkylation sites (N-methyl/N-ethyl adjacent to an activating group) is 4. The highest BCUT2D eigenvalue weighted by Crippen LogP contribution is 2.39. The highest BCUT2D eigenvalue weighted by Gasteiger charge is 2.34. The average molecular weight is 1430 g/mol. The van der Waals surface area contributed by atoms with E-state index in [0.717, 1.165) is 125 Å². The van der Waals surface area contributed by atoms with Gasteiger partial charge in [0.15, 0.2) is 0 Å². The molecule has 0 saturated heterocycles. The van der Waals surface area contributed by atoms with Gasteiger partial charge in [0.25, 0.3) is 0 Å². The first-order valence-electron chi connectivity index (χ1n) is 37.1. The lowest BCUT2D eigenvalue weighted by Gasteiger charge is -2.25. The molecule has 552 valence electrons. The van der Waals surface area contributed by atoms with E-state index in [9.17, 15) is 27.2 Å². The molecule has 15 nitrogen and oxygen atoms in total. The fraction of sp³-hybridized carbons (Fsp3) is 0.368. The van der Waals surface area contributed by atoms with Crippen molar-refractivity contribution < 1.29 is 27.2 Å². The minimum Gasteiger partial charge on any atom is -0.369 e. The number of hydrogen-bond acceptors (Lipinski definition) is 9. The summed E-state index contributed by atoms with van der Waals surface area (Å²) in [6.45, 7) is 25.6. The van der Waals surface area contributed by atoms with Gasteiger partial charge < -0.3 is 49.3 Å². The normalized spacial score (nSPS) is 16.0. The number of halogens is 4. The molecule has 4 unspecified atom stereocenters. The topological polar surface area (TPSA) is 158 Å². The maximum atomic E-state index is 13.3. The van der Waals surface area contributed by atoms with E-state index in [1.165, 1.54) is 129 Å². The number of alkyl halides is 3. The Kier molecular flexibility index (Phi) is 22.0. The zero-order chi connectivity index (χ0) is 75.0. The van der Waals surface area contributed by atoms with Crippen LogP contribution in [0.25, 0.3) is 43.6 Å². The van der Waals surface area contributed by atoms with Crippen LogP contribution in [0.4, 0.5) is 17.6 Å². The van der Waals surface area contributed by atoms with E-state index < -0.39 is 29.6 Å². The molecule has 12 aromatic rings. The molecule has 0 saturated carbocycles. The number of aromatic nitrogens is 7. The van der Waals surface area contributed by atoms with Crippen LogP contribution in [0.3, 0.4) is 0 Å². The van der Waals surface area contributed by atoms with E-state index >= 15 is 0 Å². The van der Waals surface area contributed by atoms with Gasteiger partial charge in [-0.3, -0.25) is 24.5 Å². The van der Waals surface area contributed by atoms with Gasteiger partial charge in [-0.2, -0.15) is 13.2 Å². The number of nitrogens with two attached hydrogens (primary N) is 2.